The SMILES string of the molecule is Cc1ccc(C(C(=O)NCc2ccccc2)N(C(=O)C(Cc2ccccc2)NC(=O)OC(C)(C)C)C2CC2)c(C)c1. The summed E-state index contributed by atoms with van der Waals surface area (Å²) in [6, 6.07) is 23.3. The third-order valence-electron chi connectivity index (χ3n) is 7.02. The Labute approximate surface area is 243 Å². The molecule has 2 N–H and O–H groups in total. The van der Waals surface area contributed by atoms with Gasteiger partial charge in [0.1, 0.15) is 17.7 Å². The molecule has 0 aromatic heterocycles. The van der Waals surface area contributed by atoms with Crippen LogP contribution in [0.4, 0.5) is 4.79 Å². The number of alkyl carbamates (subject to hydrolysis) is 1. The predicted octanol–water partition coefficient (Wildman–Crippen LogP) is 5.79. The maximum Gasteiger partial charge on any atom is 0.408 e. The smallest absolute Gasteiger partial charge is 0.408 e. The van der Waals surface area contributed by atoms with Crippen LogP contribution in [0.5, 0.6) is 0 Å². The molecule has 4 rings (SSSR count). The van der Waals surface area contributed by atoms with Crippen molar-refractivity contribution in [2.24, 2.45) is 0 Å². The van der Waals surface area contributed by atoms with Gasteiger partial charge in [0.2, 0.25) is 11.8 Å². The van der Waals surface area contributed by atoms with Crippen LogP contribution < -0.4 is 10.6 Å². The van der Waals surface area contributed by atoms with Gasteiger partial charge in [-0.1, -0.05) is 84.4 Å². The van der Waals surface area contributed by atoms with Crippen LogP contribution in [0.15, 0.2) is 78.9 Å². The van der Waals surface area contributed by atoms with Crippen molar-refractivity contribution in [1.29, 1.82) is 0 Å². The van der Waals surface area contributed by atoms with E-state index < -0.39 is 23.8 Å². The Kier molecular flexibility index (Phi) is 9.48. The molecule has 7 heteroatoms. The highest BCUT2D eigenvalue weighted by Gasteiger charge is 2.44. The van der Waals surface area contributed by atoms with Crippen molar-refractivity contribution >= 4 is 17.9 Å². The molecule has 1 aliphatic rings. The van der Waals surface area contributed by atoms with Crippen molar-refractivity contribution in [3.05, 3.63) is 107 Å². The Bertz CT molecular complexity index is 1350. The van der Waals surface area contributed by atoms with Crippen LogP contribution in [0.3, 0.4) is 0 Å². The van der Waals surface area contributed by atoms with E-state index in [4.69, 9.17) is 4.74 Å². The number of nitrogens with zero attached hydrogens (tertiary/aromatic N) is 1. The molecule has 3 aromatic carbocycles. The highest BCUT2D eigenvalue weighted by molar-refractivity contribution is 5.93. The summed E-state index contributed by atoms with van der Waals surface area (Å²) in [6.07, 6.45) is 1.19. The van der Waals surface area contributed by atoms with E-state index in [1.807, 2.05) is 92.7 Å². The Morgan fingerprint density at radius 1 is 0.902 bits per heavy atom. The van der Waals surface area contributed by atoms with Crippen LogP contribution in [-0.2, 0) is 27.3 Å². The van der Waals surface area contributed by atoms with E-state index >= 15 is 0 Å². The van der Waals surface area contributed by atoms with Gasteiger partial charge in [-0.25, -0.2) is 4.79 Å². The highest BCUT2D eigenvalue weighted by atomic mass is 16.6. The minimum atomic E-state index is -0.914. The molecule has 7 nitrogen and oxygen atoms in total. The zero-order valence-electron chi connectivity index (χ0n) is 24.6. The van der Waals surface area contributed by atoms with E-state index in [1.54, 1.807) is 25.7 Å². The van der Waals surface area contributed by atoms with Crippen molar-refractivity contribution in [1.82, 2.24) is 15.5 Å². The van der Waals surface area contributed by atoms with E-state index in [0.717, 1.165) is 40.7 Å². The second kappa shape index (κ2) is 13.0. The van der Waals surface area contributed by atoms with Crippen molar-refractivity contribution in [2.45, 2.75) is 84.2 Å². The Morgan fingerprint density at radius 2 is 1.51 bits per heavy atom. The van der Waals surface area contributed by atoms with E-state index in [-0.39, 0.29) is 24.3 Å². The summed E-state index contributed by atoms with van der Waals surface area (Å²) in [7, 11) is 0. The summed E-state index contributed by atoms with van der Waals surface area (Å²) >= 11 is 0. The van der Waals surface area contributed by atoms with Gasteiger partial charge >= 0.3 is 6.09 Å². The molecular formula is C34H41N3O4. The second-order valence-electron chi connectivity index (χ2n) is 11.8. The average Bonchev–Trinajstić information content (AvgIpc) is 3.75. The highest BCUT2D eigenvalue weighted by Crippen LogP contribution is 2.37. The first-order chi connectivity index (χ1) is 19.5. The Hall–Kier alpha value is -4.13. The number of ether oxygens (including phenoxy) is 1. The molecule has 216 valence electrons. The standard InChI is InChI=1S/C34H41N3O4/c1-23-16-19-28(24(2)20-23)30(31(38)35-22-26-14-10-7-11-15-26)37(27-17-18-27)32(39)29(21-25-12-8-6-9-13-25)36-33(40)41-34(3,4)5/h6-16,19-20,27,29-30H,17-18,21-22H2,1-5H3,(H,35,38)(H,36,40). The molecule has 41 heavy (non-hydrogen) atoms. The number of benzene rings is 3. The summed E-state index contributed by atoms with van der Waals surface area (Å²) < 4.78 is 5.52. The second-order valence-corrected chi connectivity index (χ2v) is 11.8. The predicted molar refractivity (Wildman–Crippen MR) is 160 cm³/mol. The summed E-state index contributed by atoms with van der Waals surface area (Å²) in [5, 5.41) is 5.90. The third kappa shape index (κ3) is 8.43. The number of carbonyl (C=O) groups excluding carboxylic acids is 3. The van der Waals surface area contributed by atoms with Crippen molar-refractivity contribution < 1.29 is 19.1 Å². The van der Waals surface area contributed by atoms with Gasteiger partial charge in [-0.3, -0.25) is 9.59 Å². The maximum atomic E-state index is 14.5. The molecule has 0 spiro atoms. The molecule has 3 aromatic rings. The molecule has 1 aliphatic carbocycles. The van der Waals surface area contributed by atoms with Crippen LogP contribution >= 0.6 is 0 Å². The number of rotatable bonds is 10. The van der Waals surface area contributed by atoms with E-state index in [2.05, 4.69) is 10.6 Å². The number of aryl methyl sites for hydroxylation is 2. The summed E-state index contributed by atoms with van der Waals surface area (Å²) in [5.74, 6) is -0.557. The fourth-order valence-corrected chi connectivity index (χ4v) is 4.98. The summed E-state index contributed by atoms with van der Waals surface area (Å²) in [4.78, 5) is 43.1. The van der Waals surface area contributed by atoms with Gasteiger partial charge in [0.25, 0.3) is 0 Å². The monoisotopic (exact) mass is 555 g/mol. The number of hydrogen-bond acceptors (Lipinski definition) is 4. The van der Waals surface area contributed by atoms with Crippen LogP contribution in [0.25, 0.3) is 0 Å². The van der Waals surface area contributed by atoms with Crippen molar-refractivity contribution in [3.8, 4) is 0 Å². The molecule has 2 unspecified atom stereocenters. The zero-order valence-corrected chi connectivity index (χ0v) is 24.6. The Morgan fingerprint density at radius 3 is 2.07 bits per heavy atom. The molecule has 3 amide bonds. The number of amides is 3. The molecule has 0 saturated heterocycles. The first kappa shape index (κ1) is 29.8. The van der Waals surface area contributed by atoms with Gasteiger partial charge in [-0.05, 0) is 69.7 Å². The largest absolute Gasteiger partial charge is 0.444 e. The average molecular weight is 556 g/mol. The molecule has 2 atom stereocenters. The number of hydrogen-bond donors (Lipinski definition) is 2. The molecule has 0 heterocycles. The molecule has 1 saturated carbocycles. The topological polar surface area (TPSA) is 87.7 Å². The zero-order chi connectivity index (χ0) is 29.6. The minimum Gasteiger partial charge on any atom is -0.444 e. The van der Waals surface area contributed by atoms with Gasteiger partial charge < -0.3 is 20.3 Å². The lowest BCUT2D eigenvalue weighted by Gasteiger charge is -2.35. The maximum absolute atomic E-state index is 14.5. The van der Waals surface area contributed by atoms with E-state index in [1.165, 1.54) is 0 Å². The van der Waals surface area contributed by atoms with Crippen molar-refractivity contribution in [3.63, 3.8) is 0 Å². The quantitative estimate of drug-likeness (QED) is 0.332. The number of nitrogens with one attached hydrogen (secondary N) is 2. The number of carbonyl (C=O) groups is 3. The van der Waals surface area contributed by atoms with Crippen LogP contribution in [0, 0.1) is 13.8 Å². The van der Waals surface area contributed by atoms with Crippen molar-refractivity contribution in [2.75, 3.05) is 0 Å². The lowest BCUT2D eigenvalue weighted by Crippen LogP contribution is -2.54. The van der Waals surface area contributed by atoms with E-state index in [0.29, 0.717) is 6.54 Å². The lowest BCUT2D eigenvalue weighted by molar-refractivity contribution is -0.143. The molecule has 0 bridgehead atoms. The van der Waals surface area contributed by atoms with Gasteiger partial charge in [0.15, 0.2) is 0 Å². The van der Waals surface area contributed by atoms with Crippen LogP contribution in [0.1, 0.15) is 67.5 Å². The van der Waals surface area contributed by atoms with Gasteiger partial charge in [0, 0.05) is 19.0 Å². The molecule has 0 aliphatic heterocycles. The summed E-state index contributed by atoms with van der Waals surface area (Å²) in [6.45, 7) is 9.66. The fraction of sp³-hybridized carbons (Fsp3) is 0.382. The van der Waals surface area contributed by atoms with Gasteiger partial charge in [-0.2, -0.15) is 0 Å². The van der Waals surface area contributed by atoms with Gasteiger partial charge in [0.05, 0.1) is 0 Å². The third-order valence-corrected chi connectivity index (χ3v) is 7.02. The first-order valence-electron chi connectivity index (χ1n) is 14.3. The van der Waals surface area contributed by atoms with Crippen LogP contribution in [-0.4, -0.2) is 40.5 Å². The summed E-state index contributed by atoms with van der Waals surface area (Å²) in [5.41, 5.74) is 3.93. The van der Waals surface area contributed by atoms with Gasteiger partial charge in [-0.15, -0.1) is 0 Å². The Balaban J connectivity index is 1.70. The van der Waals surface area contributed by atoms with E-state index in [9.17, 15) is 14.4 Å². The normalized spacial score (nSPS) is 14.5. The first-order valence-corrected chi connectivity index (χ1v) is 14.3. The molecular weight excluding hydrogens is 514 g/mol. The fourth-order valence-electron chi connectivity index (χ4n) is 4.98. The molecule has 0 radical (unpaired) electrons. The molecule has 1 fully saturated rings. The van der Waals surface area contributed by atoms with Crippen LogP contribution in [0.2, 0.25) is 0 Å². The minimum absolute atomic E-state index is 0.102. The lowest BCUT2D eigenvalue weighted by atomic mass is 9.95.